The molecule has 1 aromatic carbocycles. The van der Waals surface area contributed by atoms with E-state index in [1.807, 2.05) is 13.0 Å². The van der Waals surface area contributed by atoms with E-state index < -0.39 is 0 Å². The van der Waals surface area contributed by atoms with Crippen LogP contribution in [0.15, 0.2) is 48.1 Å². The van der Waals surface area contributed by atoms with E-state index in [-0.39, 0.29) is 0 Å². The average molecular weight is 158 g/mol. The van der Waals surface area contributed by atoms with Crippen LogP contribution in [0.4, 0.5) is 0 Å². The third kappa shape index (κ3) is 2.75. The zero-order valence-electron chi connectivity index (χ0n) is 7.62. The summed E-state index contributed by atoms with van der Waals surface area (Å²) in [5, 5.41) is 0. The van der Waals surface area contributed by atoms with Gasteiger partial charge in [0, 0.05) is 0 Å². The highest BCUT2D eigenvalue weighted by atomic mass is 13.9. The first-order valence-corrected chi connectivity index (χ1v) is 4.19. The predicted molar refractivity (Wildman–Crippen MR) is 54.9 cm³/mol. The van der Waals surface area contributed by atoms with E-state index in [0.717, 1.165) is 0 Å². The fourth-order valence-corrected chi connectivity index (χ4v) is 1.12. The Labute approximate surface area is 74.2 Å². The second-order valence-corrected chi connectivity index (χ2v) is 2.80. The minimum Gasteiger partial charge on any atom is -0.0874 e. The summed E-state index contributed by atoms with van der Waals surface area (Å²) in [6, 6.07) is 10.3. The van der Waals surface area contributed by atoms with Crippen molar-refractivity contribution in [2.24, 2.45) is 0 Å². The largest absolute Gasteiger partial charge is 0.0874 e. The minimum absolute atomic E-state index is 1.26. The zero-order valence-corrected chi connectivity index (χ0v) is 7.62. The highest BCUT2D eigenvalue weighted by molar-refractivity contribution is 5.54. The van der Waals surface area contributed by atoms with Gasteiger partial charge in [-0.15, -0.1) is 0 Å². The molecule has 0 aliphatic rings. The molecule has 0 aromatic heterocycles. The molecule has 0 atom stereocenters. The van der Waals surface area contributed by atoms with Crippen molar-refractivity contribution in [3.8, 4) is 0 Å². The molecule has 0 saturated heterocycles. The molecule has 0 bridgehead atoms. The van der Waals surface area contributed by atoms with Crippen LogP contribution < -0.4 is 0 Å². The quantitative estimate of drug-likeness (QED) is 0.576. The summed E-state index contributed by atoms with van der Waals surface area (Å²) in [6.45, 7) is 4.13. The molecule has 0 nitrogen and oxygen atoms in total. The van der Waals surface area contributed by atoms with Gasteiger partial charge in [0.05, 0.1) is 0 Å². The van der Waals surface area contributed by atoms with Gasteiger partial charge in [0.15, 0.2) is 0 Å². The van der Waals surface area contributed by atoms with Gasteiger partial charge in [-0.3, -0.25) is 0 Å². The SMILES string of the molecule is C/C=C\C(C)=Cc1ccccc1. The maximum Gasteiger partial charge on any atom is -0.0254 e. The lowest BCUT2D eigenvalue weighted by Crippen LogP contribution is -1.71. The molecule has 0 radical (unpaired) electrons. The summed E-state index contributed by atoms with van der Waals surface area (Å²) in [7, 11) is 0. The zero-order chi connectivity index (χ0) is 8.81. The van der Waals surface area contributed by atoms with E-state index >= 15 is 0 Å². The van der Waals surface area contributed by atoms with E-state index in [1.165, 1.54) is 11.1 Å². The van der Waals surface area contributed by atoms with Crippen molar-refractivity contribution in [3.05, 3.63) is 53.6 Å². The number of benzene rings is 1. The maximum absolute atomic E-state index is 2.17. The summed E-state index contributed by atoms with van der Waals surface area (Å²) >= 11 is 0. The Kier molecular flexibility index (Phi) is 3.34. The molecule has 0 aliphatic heterocycles. The van der Waals surface area contributed by atoms with Crippen molar-refractivity contribution in [1.29, 1.82) is 0 Å². The maximum atomic E-state index is 2.17. The topological polar surface area (TPSA) is 0 Å². The van der Waals surface area contributed by atoms with Crippen molar-refractivity contribution in [2.45, 2.75) is 13.8 Å². The van der Waals surface area contributed by atoms with Gasteiger partial charge in [-0.05, 0) is 19.4 Å². The van der Waals surface area contributed by atoms with Crippen molar-refractivity contribution in [2.75, 3.05) is 0 Å². The highest BCUT2D eigenvalue weighted by Crippen LogP contribution is 2.06. The summed E-state index contributed by atoms with van der Waals surface area (Å²) in [5.41, 5.74) is 2.54. The van der Waals surface area contributed by atoms with Crippen molar-refractivity contribution in [3.63, 3.8) is 0 Å². The first-order valence-electron chi connectivity index (χ1n) is 4.19. The van der Waals surface area contributed by atoms with Crippen molar-refractivity contribution in [1.82, 2.24) is 0 Å². The highest BCUT2D eigenvalue weighted by Gasteiger charge is 1.84. The first-order chi connectivity index (χ1) is 5.83. The lowest BCUT2D eigenvalue weighted by Gasteiger charge is -1.93. The van der Waals surface area contributed by atoms with E-state index in [1.54, 1.807) is 0 Å². The third-order valence-corrected chi connectivity index (χ3v) is 1.62. The molecule has 0 N–H and O–H groups in total. The van der Waals surface area contributed by atoms with Gasteiger partial charge >= 0.3 is 0 Å². The van der Waals surface area contributed by atoms with Gasteiger partial charge in [-0.25, -0.2) is 0 Å². The Morgan fingerprint density at radius 1 is 1.17 bits per heavy atom. The van der Waals surface area contributed by atoms with Gasteiger partial charge < -0.3 is 0 Å². The van der Waals surface area contributed by atoms with Gasteiger partial charge in [0.1, 0.15) is 0 Å². The van der Waals surface area contributed by atoms with Crippen LogP contribution in [0.1, 0.15) is 19.4 Å². The van der Waals surface area contributed by atoms with Crippen LogP contribution in [-0.4, -0.2) is 0 Å². The molecule has 0 spiro atoms. The Bertz CT molecular complexity index is 278. The summed E-state index contributed by atoms with van der Waals surface area (Å²) < 4.78 is 0. The number of hydrogen-bond acceptors (Lipinski definition) is 0. The van der Waals surface area contributed by atoms with Gasteiger partial charge in [-0.1, -0.05) is 54.1 Å². The Hall–Kier alpha value is -1.30. The van der Waals surface area contributed by atoms with Crippen LogP contribution in [0.5, 0.6) is 0 Å². The standard InChI is InChI=1S/C12H14/c1-3-7-11(2)10-12-8-5-4-6-9-12/h3-10H,1-2H3/b7-3-,11-10?. The monoisotopic (exact) mass is 158 g/mol. The molecule has 0 heterocycles. The molecule has 0 aliphatic carbocycles. The predicted octanol–water partition coefficient (Wildman–Crippen LogP) is 3.67. The molecule has 0 fully saturated rings. The van der Waals surface area contributed by atoms with Crippen LogP contribution in [0.2, 0.25) is 0 Å². The summed E-state index contributed by atoms with van der Waals surface area (Å²) in [6.07, 6.45) is 6.32. The van der Waals surface area contributed by atoms with Crippen molar-refractivity contribution < 1.29 is 0 Å². The number of hydrogen-bond donors (Lipinski definition) is 0. The second-order valence-electron chi connectivity index (χ2n) is 2.80. The molecule has 62 valence electrons. The summed E-state index contributed by atoms with van der Waals surface area (Å²) in [5.74, 6) is 0. The Balaban J connectivity index is 2.81. The van der Waals surface area contributed by atoms with Gasteiger partial charge in [0.2, 0.25) is 0 Å². The fourth-order valence-electron chi connectivity index (χ4n) is 1.12. The second kappa shape index (κ2) is 4.55. The molecular formula is C12H14. The van der Waals surface area contributed by atoms with Crippen molar-refractivity contribution >= 4 is 6.08 Å². The smallest absolute Gasteiger partial charge is 0.0254 e. The lowest BCUT2D eigenvalue weighted by molar-refractivity contribution is 1.52. The van der Waals surface area contributed by atoms with Crippen LogP contribution in [0, 0.1) is 0 Å². The molecule has 0 saturated carbocycles. The van der Waals surface area contributed by atoms with E-state index in [9.17, 15) is 0 Å². The van der Waals surface area contributed by atoms with Gasteiger partial charge in [0.25, 0.3) is 0 Å². The molecule has 12 heavy (non-hydrogen) atoms. The van der Waals surface area contributed by atoms with Crippen LogP contribution in [0.25, 0.3) is 6.08 Å². The number of rotatable bonds is 2. The molecular weight excluding hydrogens is 144 g/mol. The van der Waals surface area contributed by atoms with E-state index in [4.69, 9.17) is 0 Å². The lowest BCUT2D eigenvalue weighted by atomic mass is 10.1. The molecule has 1 rings (SSSR count). The fraction of sp³-hybridized carbons (Fsp3) is 0.167. The Morgan fingerprint density at radius 2 is 1.83 bits per heavy atom. The van der Waals surface area contributed by atoms with Crippen LogP contribution >= 0.6 is 0 Å². The first kappa shape index (κ1) is 8.79. The minimum atomic E-state index is 1.26. The molecule has 0 unspecified atom stereocenters. The molecule has 0 amide bonds. The normalized spacial score (nSPS) is 12.3. The van der Waals surface area contributed by atoms with E-state index in [2.05, 4.69) is 49.4 Å². The Morgan fingerprint density at radius 3 is 2.42 bits per heavy atom. The molecule has 1 aromatic rings. The third-order valence-electron chi connectivity index (χ3n) is 1.62. The van der Waals surface area contributed by atoms with Crippen LogP contribution in [0.3, 0.4) is 0 Å². The average Bonchev–Trinajstić information content (AvgIpc) is 2.06. The summed E-state index contributed by atoms with van der Waals surface area (Å²) in [4.78, 5) is 0. The van der Waals surface area contributed by atoms with Crippen LogP contribution in [-0.2, 0) is 0 Å². The van der Waals surface area contributed by atoms with Gasteiger partial charge in [-0.2, -0.15) is 0 Å². The van der Waals surface area contributed by atoms with E-state index in [0.29, 0.717) is 0 Å². The molecule has 0 heteroatoms. The number of allylic oxidation sites excluding steroid dienone is 3.